The van der Waals surface area contributed by atoms with Crippen molar-refractivity contribution in [3.05, 3.63) is 0 Å². The van der Waals surface area contributed by atoms with Crippen molar-refractivity contribution < 1.29 is 10.2 Å². The van der Waals surface area contributed by atoms with Gasteiger partial charge in [0.05, 0.1) is 13.3 Å². The van der Waals surface area contributed by atoms with E-state index in [-0.39, 0.29) is 19.4 Å². The Labute approximate surface area is 54.9 Å². The van der Waals surface area contributed by atoms with E-state index in [1.54, 1.807) is 0 Å². The van der Waals surface area contributed by atoms with Gasteiger partial charge in [0, 0.05) is 12.6 Å². The third-order valence-corrected chi connectivity index (χ3v) is 1.89. The Hall–Kier alpha value is -0.120. The van der Waals surface area contributed by atoms with Gasteiger partial charge in [-0.3, -0.25) is 4.90 Å². The highest BCUT2D eigenvalue weighted by Crippen LogP contribution is 2.14. The third kappa shape index (κ3) is 1.41. The van der Waals surface area contributed by atoms with Crippen LogP contribution in [0.25, 0.3) is 0 Å². The molecule has 0 amide bonds. The molecule has 0 aromatic carbocycles. The second-order valence-electron chi connectivity index (χ2n) is 2.43. The number of likely N-dealkylation sites (tertiary alicyclic amines) is 1. The molecule has 0 bridgehead atoms. The summed E-state index contributed by atoms with van der Waals surface area (Å²) in [6.07, 6.45) is 2.13. The first-order valence-electron chi connectivity index (χ1n) is 3.34. The maximum atomic E-state index is 8.71. The predicted octanol–water partition coefficient (Wildman–Crippen LogP) is -0.607. The van der Waals surface area contributed by atoms with Crippen LogP contribution < -0.4 is 0 Å². The van der Waals surface area contributed by atoms with Crippen LogP contribution in [0.15, 0.2) is 0 Å². The molecule has 0 spiro atoms. The number of hydrogen-bond donors (Lipinski definition) is 2. The zero-order valence-corrected chi connectivity index (χ0v) is 5.45. The molecule has 0 aliphatic carbocycles. The SMILES string of the molecule is OC[C@H]1CCCN1CO. The number of hydrogen-bond acceptors (Lipinski definition) is 3. The molecule has 0 saturated carbocycles. The molecule has 1 saturated heterocycles. The van der Waals surface area contributed by atoms with Gasteiger partial charge in [-0.1, -0.05) is 0 Å². The summed E-state index contributed by atoms with van der Waals surface area (Å²) in [7, 11) is 0. The fourth-order valence-corrected chi connectivity index (χ4v) is 1.29. The molecule has 1 rings (SSSR count). The van der Waals surface area contributed by atoms with Crippen LogP contribution in [-0.2, 0) is 0 Å². The minimum atomic E-state index is 0.0885. The number of aliphatic hydroxyl groups excluding tert-OH is 2. The van der Waals surface area contributed by atoms with E-state index in [0.717, 1.165) is 19.4 Å². The molecule has 0 unspecified atom stereocenters. The summed E-state index contributed by atoms with van der Waals surface area (Å²) in [6, 6.07) is 0.218. The summed E-state index contributed by atoms with van der Waals surface area (Å²) in [6.45, 7) is 1.20. The smallest absolute Gasteiger partial charge is 0.0959 e. The van der Waals surface area contributed by atoms with Crippen LogP contribution in [0.2, 0.25) is 0 Å². The Kier molecular flexibility index (Phi) is 2.45. The normalized spacial score (nSPS) is 29.3. The lowest BCUT2D eigenvalue weighted by molar-refractivity contribution is 0.0685. The fraction of sp³-hybridized carbons (Fsp3) is 1.00. The summed E-state index contributed by atoms with van der Waals surface area (Å²) in [5.74, 6) is 0. The standard InChI is InChI=1S/C6H13NO2/c8-4-6-2-1-3-7(6)5-9/h6,8-9H,1-5H2/t6-/m1/s1. The summed E-state index contributed by atoms with van der Waals surface area (Å²) in [4.78, 5) is 1.89. The van der Waals surface area contributed by atoms with Crippen LogP contribution in [0.1, 0.15) is 12.8 Å². The molecule has 2 N–H and O–H groups in total. The van der Waals surface area contributed by atoms with Crippen molar-refractivity contribution in [2.45, 2.75) is 18.9 Å². The van der Waals surface area contributed by atoms with Crippen molar-refractivity contribution >= 4 is 0 Å². The van der Waals surface area contributed by atoms with Crippen molar-refractivity contribution in [1.82, 2.24) is 4.90 Å². The van der Waals surface area contributed by atoms with Gasteiger partial charge in [-0.15, -0.1) is 0 Å². The zero-order chi connectivity index (χ0) is 6.69. The minimum Gasteiger partial charge on any atom is -0.395 e. The Bertz CT molecular complexity index is 77.1. The van der Waals surface area contributed by atoms with E-state index in [4.69, 9.17) is 10.2 Å². The molecule has 0 radical (unpaired) electrons. The maximum Gasteiger partial charge on any atom is 0.0959 e. The molecular formula is C6H13NO2. The highest BCUT2D eigenvalue weighted by Gasteiger charge is 2.21. The number of aliphatic hydroxyl groups is 2. The van der Waals surface area contributed by atoms with Gasteiger partial charge in [0.15, 0.2) is 0 Å². The second kappa shape index (κ2) is 3.15. The third-order valence-electron chi connectivity index (χ3n) is 1.89. The van der Waals surface area contributed by atoms with E-state index in [1.165, 1.54) is 0 Å². The van der Waals surface area contributed by atoms with Crippen LogP contribution >= 0.6 is 0 Å². The lowest BCUT2D eigenvalue weighted by Gasteiger charge is -2.18. The molecule has 1 aliphatic rings. The molecule has 1 atom stereocenters. The summed E-state index contributed by atoms with van der Waals surface area (Å²) in [5.41, 5.74) is 0. The van der Waals surface area contributed by atoms with Crippen LogP contribution in [0.3, 0.4) is 0 Å². The van der Waals surface area contributed by atoms with E-state index in [2.05, 4.69) is 0 Å². The molecule has 0 aromatic heterocycles. The first-order chi connectivity index (χ1) is 4.38. The summed E-state index contributed by atoms with van der Waals surface area (Å²) in [5, 5.41) is 17.4. The van der Waals surface area contributed by atoms with Gasteiger partial charge in [0.1, 0.15) is 0 Å². The van der Waals surface area contributed by atoms with Crippen molar-refractivity contribution in [3.8, 4) is 0 Å². The van der Waals surface area contributed by atoms with E-state index in [1.807, 2.05) is 4.90 Å². The lowest BCUT2D eigenvalue weighted by atomic mass is 10.2. The van der Waals surface area contributed by atoms with Crippen LogP contribution in [0.5, 0.6) is 0 Å². The number of nitrogens with zero attached hydrogens (tertiary/aromatic N) is 1. The van der Waals surface area contributed by atoms with E-state index in [9.17, 15) is 0 Å². The lowest BCUT2D eigenvalue weighted by Crippen LogP contribution is -2.32. The Balaban J connectivity index is 2.32. The number of rotatable bonds is 2. The van der Waals surface area contributed by atoms with Gasteiger partial charge in [-0.05, 0) is 12.8 Å². The minimum absolute atomic E-state index is 0.0885. The Morgan fingerprint density at radius 3 is 2.67 bits per heavy atom. The van der Waals surface area contributed by atoms with E-state index in [0.29, 0.717) is 0 Å². The molecule has 54 valence electrons. The van der Waals surface area contributed by atoms with Gasteiger partial charge >= 0.3 is 0 Å². The quantitative estimate of drug-likeness (QED) is 0.525. The van der Waals surface area contributed by atoms with Crippen molar-refractivity contribution in [3.63, 3.8) is 0 Å². The van der Waals surface area contributed by atoms with Gasteiger partial charge in [0.25, 0.3) is 0 Å². The molecule has 1 fully saturated rings. The molecule has 0 aromatic rings. The molecule has 1 aliphatic heterocycles. The summed E-state index contributed by atoms with van der Waals surface area (Å²) < 4.78 is 0. The Morgan fingerprint density at radius 1 is 1.44 bits per heavy atom. The van der Waals surface area contributed by atoms with Gasteiger partial charge in [0.2, 0.25) is 0 Å². The molecule has 3 heteroatoms. The monoisotopic (exact) mass is 131 g/mol. The van der Waals surface area contributed by atoms with Crippen molar-refractivity contribution in [2.75, 3.05) is 19.9 Å². The van der Waals surface area contributed by atoms with Crippen molar-refractivity contribution in [2.24, 2.45) is 0 Å². The second-order valence-corrected chi connectivity index (χ2v) is 2.43. The van der Waals surface area contributed by atoms with Crippen LogP contribution in [-0.4, -0.2) is 41.0 Å². The average molecular weight is 131 g/mol. The molecule has 1 heterocycles. The largest absolute Gasteiger partial charge is 0.395 e. The predicted molar refractivity (Wildman–Crippen MR) is 33.9 cm³/mol. The van der Waals surface area contributed by atoms with Gasteiger partial charge in [-0.2, -0.15) is 0 Å². The first kappa shape index (κ1) is 6.99. The molecular weight excluding hydrogens is 118 g/mol. The molecule has 9 heavy (non-hydrogen) atoms. The average Bonchev–Trinajstić information content (AvgIpc) is 2.33. The zero-order valence-electron chi connectivity index (χ0n) is 5.45. The van der Waals surface area contributed by atoms with Gasteiger partial charge in [-0.25, -0.2) is 0 Å². The Morgan fingerprint density at radius 2 is 2.22 bits per heavy atom. The fourth-order valence-electron chi connectivity index (χ4n) is 1.29. The van der Waals surface area contributed by atoms with Crippen molar-refractivity contribution in [1.29, 1.82) is 0 Å². The maximum absolute atomic E-state index is 8.71. The van der Waals surface area contributed by atoms with Crippen LogP contribution in [0, 0.1) is 0 Å². The van der Waals surface area contributed by atoms with Gasteiger partial charge < -0.3 is 10.2 Å². The van der Waals surface area contributed by atoms with E-state index < -0.39 is 0 Å². The molecule has 3 nitrogen and oxygen atoms in total. The van der Waals surface area contributed by atoms with E-state index >= 15 is 0 Å². The highest BCUT2D eigenvalue weighted by atomic mass is 16.3. The summed E-state index contributed by atoms with van der Waals surface area (Å²) >= 11 is 0. The van der Waals surface area contributed by atoms with Crippen LogP contribution in [0.4, 0.5) is 0 Å². The highest BCUT2D eigenvalue weighted by molar-refractivity contribution is 4.75. The first-order valence-corrected chi connectivity index (χ1v) is 3.34. The topological polar surface area (TPSA) is 43.7 Å².